The maximum Gasteiger partial charge on any atom is 0.168 e. The van der Waals surface area contributed by atoms with Gasteiger partial charge in [0, 0.05) is 6.42 Å². The number of aromatic hydroxyl groups is 1. The van der Waals surface area contributed by atoms with Crippen LogP contribution in [0, 0.1) is 6.92 Å². The molecule has 0 amide bonds. The summed E-state index contributed by atoms with van der Waals surface area (Å²) >= 11 is 0. The second-order valence-corrected chi connectivity index (χ2v) is 3.87. The number of Topliss-reactive ketones (excluding diaryl/α,β-unsaturated/α-hetero) is 1. The Morgan fingerprint density at radius 1 is 1.40 bits per heavy atom. The largest absolute Gasteiger partial charge is 0.504 e. The van der Waals surface area contributed by atoms with Crippen molar-refractivity contribution < 1.29 is 14.6 Å². The molecule has 80 valence electrons. The smallest absolute Gasteiger partial charge is 0.168 e. The number of ketones is 1. The lowest BCUT2D eigenvalue weighted by Crippen LogP contribution is -2.13. The normalized spacial score (nSPS) is 14.9. The van der Waals surface area contributed by atoms with Gasteiger partial charge < -0.3 is 9.84 Å². The molecule has 1 aromatic rings. The van der Waals surface area contributed by atoms with Gasteiger partial charge in [-0.15, -0.1) is 0 Å². The zero-order valence-electron chi connectivity index (χ0n) is 8.96. The number of phenolic OH excluding ortho intramolecular Hbond substituents is 1. The Morgan fingerprint density at radius 2 is 2.13 bits per heavy atom. The average Bonchev–Trinajstić information content (AvgIpc) is 2.23. The van der Waals surface area contributed by atoms with Gasteiger partial charge in [-0.25, -0.2) is 0 Å². The van der Waals surface area contributed by atoms with Crippen molar-refractivity contribution in [3.63, 3.8) is 0 Å². The van der Waals surface area contributed by atoms with Crippen LogP contribution < -0.4 is 4.74 Å². The van der Waals surface area contributed by atoms with Crippen molar-refractivity contribution in [3.8, 4) is 11.5 Å². The average molecular weight is 206 g/mol. The SMILES string of the molecule is COc1cc(C)c2c(c1O)C(=O)CCC2. The van der Waals surface area contributed by atoms with Crippen molar-refractivity contribution in [1.29, 1.82) is 0 Å². The van der Waals surface area contributed by atoms with Gasteiger partial charge in [-0.05, 0) is 37.0 Å². The molecule has 1 aliphatic rings. The standard InChI is InChI=1S/C12H14O3/c1-7-6-10(15-2)12(14)11-8(7)4-3-5-9(11)13/h6,14H,3-5H2,1-2H3. The fraction of sp³-hybridized carbons (Fsp3) is 0.417. The van der Waals surface area contributed by atoms with Gasteiger partial charge in [-0.2, -0.15) is 0 Å². The second-order valence-electron chi connectivity index (χ2n) is 3.87. The van der Waals surface area contributed by atoms with Crippen molar-refractivity contribution in [2.24, 2.45) is 0 Å². The maximum atomic E-state index is 11.7. The summed E-state index contributed by atoms with van der Waals surface area (Å²) in [5.41, 5.74) is 2.47. The first-order valence-electron chi connectivity index (χ1n) is 5.07. The van der Waals surface area contributed by atoms with Crippen LogP contribution in [-0.4, -0.2) is 18.0 Å². The summed E-state index contributed by atoms with van der Waals surface area (Å²) in [6, 6.07) is 1.78. The Kier molecular flexibility index (Phi) is 2.39. The van der Waals surface area contributed by atoms with Gasteiger partial charge in [-0.1, -0.05) is 0 Å². The molecule has 0 saturated heterocycles. The summed E-state index contributed by atoms with van der Waals surface area (Å²) in [6.45, 7) is 1.94. The van der Waals surface area contributed by atoms with Crippen LogP contribution in [0.5, 0.6) is 11.5 Å². The number of hydrogen-bond acceptors (Lipinski definition) is 3. The molecular weight excluding hydrogens is 192 g/mol. The maximum absolute atomic E-state index is 11.7. The van der Waals surface area contributed by atoms with E-state index >= 15 is 0 Å². The number of fused-ring (bicyclic) bond motifs is 1. The van der Waals surface area contributed by atoms with Crippen LogP contribution in [0.4, 0.5) is 0 Å². The molecular formula is C12H14O3. The highest BCUT2D eigenvalue weighted by molar-refractivity contribution is 6.02. The van der Waals surface area contributed by atoms with Crippen molar-refractivity contribution in [2.45, 2.75) is 26.2 Å². The number of ether oxygens (including phenoxy) is 1. The minimum absolute atomic E-state index is 0.00259. The van der Waals surface area contributed by atoms with E-state index < -0.39 is 0 Å². The minimum atomic E-state index is 0.00259. The summed E-state index contributed by atoms with van der Waals surface area (Å²) in [4.78, 5) is 11.7. The van der Waals surface area contributed by atoms with E-state index in [4.69, 9.17) is 4.74 Å². The molecule has 0 fully saturated rings. The molecule has 0 bridgehead atoms. The van der Waals surface area contributed by atoms with E-state index in [1.807, 2.05) is 6.92 Å². The number of carbonyl (C=O) groups excluding carboxylic acids is 1. The highest BCUT2D eigenvalue weighted by atomic mass is 16.5. The quantitative estimate of drug-likeness (QED) is 0.766. The fourth-order valence-electron chi connectivity index (χ4n) is 2.14. The van der Waals surface area contributed by atoms with Crippen LogP contribution in [0.15, 0.2) is 6.07 Å². The van der Waals surface area contributed by atoms with Gasteiger partial charge in [-0.3, -0.25) is 4.79 Å². The Morgan fingerprint density at radius 3 is 2.80 bits per heavy atom. The molecule has 3 nitrogen and oxygen atoms in total. The molecule has 1 aromatic carbocycles. The molecule has 0 spiro atoms. The summed E-state index contributed by atoms with van der Waals surface area (Å²) in [7, 11) is 1.49. The summed E-state index contributed by atoms with van der Waals surface area (Å²) in [5, 5.41) is 9.88. The van der Waals surface area contributed by atoms with E-state index in [9.17, 15) is 9.90 Å². The number of rotatable bonds is 1. The predicted octanol–water partition coefficient (Wildman–Crippen LogP) is 2.23. The third-order valence-electron chi connectivity index (χ3n) is 2.92. The summed E-state index contributed by atoms with van der Waals surface area (Å²) in [5.74, 6) is 0.417. The van der Waals surface area contributed by atoms with Crippen LogP contribution >= 0.6 is 0 Å². The van der Waals surface area contributed by atoms with E-state index in [1.54, 1.807) is 6.07 Å². The molecule has 0 aromatic heterocycles. The number of methoxy groups -OCH3 is 1. The number of aryl methyl sites for hydroxylation is 1. The van der Waals surface area contributed by atoms with E-state index in [0.29, 0.717) is 17.7 Å². The Bertz CT molecular complexity index is 421. The first-order valence-corrected chi connectivity index (χ1v) is 5.07. The van der Waals surface area contributed by atoms with Crippen LogP contribution in [0.25, 0.3) is 0 Å². The number of hydrogen-bond donors (Lipinski definition) is 1. The third kappa shape index (κ3) is 1.48. The lowest BCUT2D eigenvalue weighted by molar-refractivity contribution is 0.0968. The molecule has 0 atom stereocenters. The monoisotopic (exact) mass is 206 g/mol. The van der Waals surface area contributed by atoms with E-state index in [0.717, 1.165) is 24.0 Å². The number of carbonyl (C=O) groups is 1. The van der Waals surface area contributed by atoms with Crippen molar-refractivity contribution in [1.82, 2.24) is 0 Å². The first kappa shape index (κ1) is 10.0. The predicted molar refractivity (Wildman–Crippen MR) is 56.7 cm³/mol. The van der Waals surface area contributed by atoms with E-state index in [1.165, 1.54) is 7.11 Å². The van der Waals surface area contributed by atoms with Gasteiger partial charge in [0.05, 0.1) is 12.7 Å². The van der Waals surface area contributed by atoms with Crippen LogP contribution in [0.3, 0.4) is 0 Å². The zero-order chi connectivity index (χ0) is 11.0. The zero-order valence-corrected chi connectivity index (χ0v) is 8.96. The van der Waals surface area contributed by atoms with Gasteiger partial charge in [0.15, 0.2) is 17.3 Å². The molecule has 3 heteroatoms. The van der Waals surface area contributed by atoms with E-state index in [-0.39, 0.29) is 11.5 Å². The number of benzene rings is 1. The summed E-state index contributed by atoms with van der Waals surface area (Å²) < 4.78 is 5.04. The minimum Gasteiger partial charge on any atom is -0.504 e. The van der Waals surface area contributed by atoms with Crippen LogP contribution in [0.1, 0.15) is 34.3 Å². The summed E-state index contributed by atoms with van der Waals surface area (Å²) in [6.07, 6.45) is 2.26. The molecule has 0 radical (unpaired) electrons. The van der Waals surface area contributed by atoms with Gasteiger partial charge in [0.25, 0.3) is 0 Å². The molecule has 0 unspecified atom stereocenters. The lowest BCUT2D eigenvalue weighted by atomic mass is 9.87. The van der Waals surface area contributed by atoms with E-state index in [2.05, 4.69) is 0 Å². The van der Waals surface area contributed by atoms with Crippen molar-refractivity contribution in [3.05, 3.63) is 22.8 Å². The Hall–Kier alpha value is -1.51. The highest BCUT2D eigenvalue weighted by Gasteiger charge is 2.25. The molecule has 2 rings (SSSR count). The highest BCUT2D eigenvalue weighted by Crippen LogP contribution is 2.38. The fourth-order valence-corrected chi connectivity index (χ4v) is 2.14. The van der Waals surface area contributed by atoms with Gasteiger partial charge in [0.1, 0.15) is 0 Å². The van der Waals surface area contributed by atoms with Gasteiger partial charge in [0.2, 0.25) is 0 Å². The topological polar surface area (TPSA) is 46.5 Å². The molecule has 0 saturated carbocycles. The molecule has 1 aliphatic carbocycles. The third-order valence-corrected chi connectivity index (χ3v) is 2.92. The molecule has 0 aliphatic heterocycles. The molecule has 0 heterocycles. The van der Waals surface area contributed by atoms with Crippen LogP contribution in [0.2, 0.25) is 0 Å². The number of phenols is 1. The Labute approximate surface area is 88.7 Å². The van der Waals surface area contributed by atoms with Crippen molar-refractivity contribution in [2.75, 3.05) is 7.11 Å². The lowest BCUT2D eigenvalue weighted by Gasteiger charge is -2.19. The first-order chi connectivity index (χ1) is 7.15. The Balaban J connectivity index is 2.69. The molecule has 1 N–H and O–H groups in total. The second kappa shape index (κ2) is 3.57. The van der Waals surface area contributed by atoms with Crippen molar-refractivity contribution >= 4 is 5.78 Å². The van der Waals surface area contributed by atoms with Gasteiger partial charge >= 0.3 is 0 Å². The van der Waals surface area contributed by atoms with Crippen LogP contribution in [-0.2, 0) is 6.42 Å². The molecule has 15 heavy (non-hydrogen) atoms.